The highest BCUT2D eigenvalue weighted by Gasteiger charge is 2.20. The number of hydrogen-bond donors (Lipinski definition) is 1. The Bertz CT molecular complexity index is 369. The molecule has 2 rings (SSSR count). The highest BCUT2D eigenvalue weighted by molar-refractivity contribution is 5.31. The summed E-state index contributed by atoms with van der Waals surface area (Å²) in [6.45, 7) is 5.30. The van der Waals surface area contributed by atoms with Crippen LogP contribution >= 0.6 is 0 Å². The van der Waals surface area contributed by atoms with Crippen molar-refractivity contribution in [1.29, 1.82) is 0 Å². The molecule has 1 fully saturated rings. The van der Waals surface area contributed by atoms with Gasteiger partial charge in [0.15, 0.2) is 0 Å². The first-order valence-electron chi connectivity index (χ1n) is 6.50. The summed E-state index contributed by atoms with van der Waals surface area (Å²) in [5, 5.41) is 10.0. The smallest absolute Gasteiger partial charge is 0.103 e. The number of aliphatic hydroxyl groups is 1. The van der Waals surface area contributed by atoms with Crippen LogP contribution < -0.4 is 0 Å². The Kier molecular flexibility index (Phi) is 4.19. The molecule has 0 bridgehead atoms. The average molecular weight is 234 g/mol. The van der Waals surface area contributed by atoms with Gasteiger partial charge in [0.1, 0.15) is 6.10 Å². The maximum Gasteiger partial charge on any atom is 0.103 e. The van der Waals surface area contributed by atoms with Gasteiger partial charge in [-0.25, -0.2) is 0 Å². The van der Waals surface area contributed by atoms with Crippen molar-refractivity contribution in [2.24, 2.45) is 5.92 Å². The molecule has 0 aromatic heterocycles. The molecule has 2 nitrogen and oxygen atoms in total. The predicted molar refractivity (Wildman–Crippen MR) is 69.0 cm³/mol. The number of aliphatic hydroxyl groups excluding tert-OH is 1. The van der Waals surface area contributed by atoms with Crippen molar-refractivity contribution in [2.75, 3.05) is 13.2 Å². The van der Waals surface area contributed by atoms with Gasteiger partial charge in [-0.1, -0.05) is 36.6 Å². The van der Waals surface area contributed by atoms with Crippen LogP contribution in [0.15, 0.2) is 18.2 Å². The van der Waals surface area contributed by atoms with E-state index in [1.54, 1.807) is 0 Å². The molecule has 1 atom stereocenters. The number of rotatable bonds is 6. The lowest BCUT2D eigenvalue weighted by molar-refractivity contribution is 0.0333. The maximum absolute atomic E-state index is 10.0. The molecule has 0 spiro atoms. The summed E-state index contributed by atoms with van der Waals surface area (Å²) in [5.74, 6) is 0.897. The zero-order valence-corrected chi connectivity index (χ0v) is 10.8. The summed E-state index contributed by atoms with van der Waals surface area (Å²) >= 11 is 0. The van der Waals surface area contributed by atoms with E-state index in [9.17, 15) is 5.11 Å². The molecule has 1 aromatic carbocycles. The molecule has 1 N–H and O–H groups in total. The van der Waals surface area contributed by atoms with Crippen LogP contribution in [0.5, 0.6) is 0 Å². The van der Waals surface area contributed by atoms with Gasteiger partial charge in [-0.05, 0) is 37.3 Å². The van der Waals surface area contributed by atoms with Gasteiger partial charge in [-0.15, -0.1) is 0 Å². The van der Waals surface area contributed by atoms with Crippen LogP contribution in [0.4, 0.5) is 0 Å². The van der Waals surface area contributed by atoms with Crippen molar-refractivity contribution in [3.8, 4) is 0 Å². The molecule has 1 aliphatic carbocycles. The number of ether oxygens (including phenoxy) is 1. The molecule has 0 amide bonds. The fraction of sp³-hybridized carbons (Fsp3) is 0.600. The molecule has 94 valence electrons. The maximum atomic E-state index is 10.0. The van der Waals surface area contributed by atoms with Crippen molar-refractivity contribution in [3.63, 3.8) is 0 Å². The quantitative estimate of drug-likeness (QED) is 0.766. The molecule has 0 aliphatic heterocycles. The van der Waals surface area contributed by atoms with E-state index in [4.69, 9.17) is 4.74 Å². The largest absolute Gasteiger partial charge is 0.386 e. The third-order valence-corrected chi connectivity index (χ3v) is 3.43. The summed E-state index contributed by atoms with van der Waals surface area (Å²) in [4.78, 5) is 0. The summed E-state index contributed by atoms with van der Waals surface area (Å²) in [6, 6.07) is 6.14. The molecular formula is C15H22O2. The third kappa shape index (κ3) is 3.83. The fourth-order valence-electron chi connectivity index (χ4n) is 2.14. The molecule has 1 saturated carbocycles. The van der Waals surface area contributed by atoms with Crippen LogP contribution in [0.3, 0.4) is 0 Å². The van der Waals surface area contributed by atoms with Crippen LogP contribution in [-0.4, -0.2) is 18.3 Å². The lowest BCUT2D eigenvalue weighted by Crippen LogP contribution is -2.09. The number of benzene rings is 1. The summed E-state index contributed by atoms with van der Waals surface area (Å²) in [6.07, 6.45) is 3.39. The van der Waals surface area contributed by atoms with E-state index in [-0.39, 0.29) is 0 Å². The predicted octanol–water partition coefficient (Wildman–Crippen LogP) is 3.15. The number of aryl methyl sites for hydroxylation is 2. The Morgan fingerprint density at radius 3 is 2.76 bits per heavy atom. The van der Waals surface area contributed by atoms with E-state index >= 15 is 0 Å². The van der Waals surface area contributed by atoms with Gasteiger partial charge in [0, 0.05) is 6.61 Å². The average Bonchev–Trinajstić information content (AvgIpc) is 3.08. The van der Waals surface area contributed by atoms with Crippen molar-refractivity contribution in [3.05, 3.63) is 34.9 Å². The second-order valence-corrected chi connectivity index (χ2v) is 5.18. The second kappa shape index (κ2) is 5.65. The van der Waals surface area contributed by atoms with E-state index in [1.165, 1.54) is 18.4 Å². The molecule has 17 heavy (non-hydrogen) atoms. The van der Waals surface area contributed by atoms with Gasteiger partial charge in [0.2, 0.25) is 0 Å². The Morgan fingerprint density at radius 2 is 2.12 bits per heavy atom. The Hall–Kier alpha value is -0.860. The van der Waals surface area contributed by atoms with Gasteiger partial charge in [-0.2, -0.15) is 0 Å². The van der Waals surface area contributed by atoms with Crippen LogP contribution in [0, 0.1) is 19.8 Å². The standard InChI is InChI=1S/C15H22O2/c1-11-3-6-14(12(2)9-11)15(16)10-17-8-7-13-4-5-13/h3,6,9,13,15-16H,4-5,7-8,10H2,1-2H3. The summed E-state index contributed by atoms with van der Waals surface area (Å²) in [5.41, 5.74) is 3.36. The Labute approximate surface area is 104 Å². The van der Waals surface area contributed by atoms with Gasteiger partial charge in [0.05, 0.1) is 6.61 Å². The highest BCUT2D eigenvalue weighted by atomic mass is 16.5. The first kappa shape index (κ1) is 12.6. The minimum Gasteiger partial charge on any atom is -0.386 e. The Morgan fingerprint density at radius 1 is 1.35 bits per heavy atom. The van der Waals surface area contributed by atoms with E-state index in [0.29, 0.717) is 6.61 Å². The zero-order valence-electron chi connectivity index (χ0n) is 10.8. The first-order valence-corrected chi connectivity index (χ1v) is 6.50. The second-order valence-electron chi connectivity index (χ2n) is 5.18. The normalized spacial score (nSPS) is 17.1. The molecule has 2 heteroatoms. The minimum atomic E-state index is -0.491. The van der Waals surface area contributed by atoms with Crippen LogP contribution in [0.2, 0.25) is 0 Å². The van der Waals surface area contributed by atoms with Crippen LogP contribution in [-0.2, 0) is 4.74 Å². The van der Waals surface area contributed by atoms with Crippen molar-refractivity contribution in [2.45, 2.75) is 39.2 Å². The van der Waals surface area contributed by atoms with E-state index in [0.717, 1.165) is 30.1 Å². The monoisotopic (exact) mass is 234 g/mol. The molecule has 0 saturated heterocycles. The Balaban J connectivity index is 1.78. The molecule has 0 heterocycles. The highest BCUT2D eigenvalue weighted by Crippen LogP contribution is 2.32. The van der Waals surface area contributed by atoms with Crippen LogP contribution in [0.1, 0.15) is 42.1 Å². The third-order valence-electron chi connectivity index (χ3n) is 3.43. The topological polar surface area (TPSA) is 29.5 Å². The molecule has 1 unspecified atom stereocenters. The number of hydrogen-bond acceptors (Lipinski definition) is 2. The molecule has 1 aliphatic rings. The van der Waals surface area contributed by atoms with E-state index in [2.05, 4.69) is 13.0 Å². The molecule has 1 aromatic rings. The van der Waals surface area contributed by atoms with Gasteiger partial charge < -0.3 is 9.84 Å². The molecule has 0 radical (unpaired) electrons. The minimum absolute atomic E-state index is 0.413. The zero-order chi connectivity index (χ0) is 12.3. The van der Waals surface area contributed by atoms with E-state index in [1.807, 2.05) is 19.1 Å². The lowest BCUT2D eigenvalue weighted by atomic mass is 10.0. The van der Waals surface area contributed by atoms with Gasteiger partial charge in [0.25, 0.3) is 0 Å². The van der Waals surface area contributed by atoms with Crippen molar-refractivity contribution < 1.29 is 9.84 Å². The lowest BCUT2D eigenvalue weighted by Gasteiger charge is -2.14. The fourth-order valence-corrected chi connectivity index (χ4v) is 2.14. The molecular weight excluding hydrogens is 212 g/mol. The van der Waals surface area contributed by atoms with Crippen LogP contribution in [0.25, 0.3) is 0 Å². The van der Waals surface area contributed by atoms with Crippen molar-refractivity contribution in [1.82, 2.24) is 0 Å². The van der Waals surface area contributed by atoms with Gasteiger partial charge in [-0.3, -0.25) is 0 Å². The first-order chi connectivity index (χ1) is 8.16. The summed E-state index contributed by atoms with van der Waals surface area (Å²) < 4.78 is 5.54. The van der Waals surface area contributed by atoms with E-state index < -0.39 is 6.10 Å². The SMILES string of the molecule is Cc1ccc(C(O)COCCC2CC2)c(C)c1. The summed E-state index contributed by atoms with van der Waals surface area (Å²) in [7, 11) is 0. The van der Waals surface area contributed by atoms with Gasteiger partial charge >= 0.3 is 0 Å². The van der Waals surface area contributed by atoms with Crippen molar-refractivity contribution >= 4 is 0 Å².